The van der Waals surface area contributed by atoms with Gasteiger partial charge >= 0.3 is 0 Å². The van der Waals surface area contributed by atoms with E-state index in [9.17, 15) is 4.79 Å². The summed E-state index contributed by atoms with van der Waals surface area (Å²) in [5.41, 5.74) is 0. The number of morpholine rings is 1. The Balaban J connectivity index is 1.57. The summed E-state index contributed by atoms with van der Waals surface area (Å²) in [6.07, 6.45) is 2.23. The van der Waals surface area contributed by atoms with Crippen molar-refractivity contribution in [3.63, 3.8) is 0 Å². The van der Waals surface area contributed by atoms with Crippen LogP contribution in [0.15, 0.2) is 0 Å². The van der Waals surface area contributed by atoms with Crippen LogP contribution in [0.25, 0.3) is 0 Å². The lowest BCUT2D eigenvalue weighted by Crippen LogP contribution is -2.47. The Hall–Kier alpha value is -0.690. The van der Waals surface area contributed by atoms with Crippen molar-refractivity contribution in [3.05, 3.63) is 0 Å². The van der Waals surface area contributed by atoms with E-state index < -0.39 is 0 Å². The number of nitrogens with one attached hydrogen (secondary N) is 2. The molecule has 0 radical (unpaired) electrons. The molecule has 2 aliphatic rings. The third-order valence-electron chi connectivity index (χ3n) is 3.78. The van der Waals surface area contributed by atoms with Crippen molar-refractivity contribution < 1.29 is 14.3 Å². The van der Waals surface area contributed by atoms with Crippen LogP contribution < -0.4 is 10.6 Å². The van der Waals surface area contributed by atoms with E-state index in [0.29, 0.717) is 0 Å². The lowest BCUT2D eigenvalue weighted by molar-refractivity contribution is -0.129. The molecular weight excluding hydrogens is 258 g/mol. The van der Waals surface area contributed by atoms with E-state index in [1.54, 1.807) is 0 Å². The Kier molecular flexibility index (Phi) is 6.72. The summed E-state index contributed by atoms with van der Waals surface area (Å²) in [6.45, 7) is 8.55. The van der Waals surface area contributed by atoms with E-state index in [1.165, 1.54) is 0 Å². The molecule has 2 fully saturated rings. The second kappa shape index (κ2) is 8.56. The maximum absolute atomic E-state index is 11.8. The van der Waals surface area contributed by atoms with E-state index >= 15 is 0 Å². The summed E-state index contributed by atoms with van der Waals surface area (Å²) in [7, 11) is 0. The van der Waals surface area contributed by atoms with E-state index in [2.05, 4.69) is 15.5 Å². The molecule has 2 aliphatic heterocycles. The van der Waals surface area contributed by atoms with E-state index in [-0.39, 0.29) is 24.7 Å². The van der Waals surface area contributed by atoms with Crippen molar-refractivity contribution in [1.82, 2.24) is 15.5 Å². The highest BCUT2D eigenvalue weighted by Gasteiger charge is 2.17. The van der Waals surface area contributed by atoms with Gasteiger partial charge in [-0.1, -0.05) is 0 Å². The molecule has 20 heavy (non-hydrogen) atoms. The Labute approximate surface area is 121 Å². The van der Waals surface area contributed by atoms with Gasteiger partial charge in [-0.2, -0.15) is 0 Å². The fourth-order valence-corrected chi connectivity index (χ4v) is 2.69. The number of carbonyl (C=O) groups excluding carboxylic acids is 1. The third-order valence-corrected chi connectivity index (χ3v) is 3.78. The zero-order chi connectivity index (χ0) is 14.2. The minimum absolute atomic E-state index is 0.00991. The number of piperidine rings is 1. The van der Waals surface area contributed by atoms with E-state index in [1.807, 2.05) is 6.92 Å². The highest BCUT2D eigenvalue weighted by Crippen LogP contribution is 2.06. The fourth-order valence-electron chi connectivity index (χ4n) is 2.69. The van der Waals surface area contributed by atoms with Gasteiger partial charge < -0.3 is 20.1 Å². The predicted molar refractivity (Wildman–Crippen MR) is 76.7 cm³/mol. The van der Waals surface area contributed by atoms with Crippen molar-refractivity contribution in [3.8, 4) is 0 Å². The molecule has 2 N–H and O–H groups in total. The van der Waals surface area contributed by atoms with Crippen molar-refractivity contribution >= 4 is 5.91 Å². The van der Waals surface area contributed by atoms with Crippen LogP contribution in [0, 0.1) is 0 Å². The zero-order valence-electron chi connectivity index (χ0n) is 12.4. The number of hydrogen-bond acceptors (Lipinski definition) is 5. The van der Waals surface area contributed by atoms with Crippen LogP contribution in [0.4, 0.5) is 0 Å². The molecule has 0 saturated carbocycles. The van der Waals surface area contributed by atoms with Crippen LogP contribution in [0.1, 0.15) is 19.8 Å². The highest BCUT2D eigenvalue weighted by molar-refractivity contribution is 5.77. The van der Waals surface area contributed by atoms with Gasteiger partial charge in [0.2, 0.25) is 5.91 Å². The number of nitrogens with zero attached hydrogens (tertiary/aromatic N) is 1. The maximum Gasteiger partial charge on any atom is 0.246 e. The molecule has 0 aliphatic carbocycles. The van der Waals surface area contributed by atoms with Crippen LogP contribution in [0.3, 0.4) is 0 Å². The molecule has 0 aromatic carbocycles. The van der Waals surface area contributed by atoms with E-state index in [0.717, 1.165) is 58.8 Å². The molecule has 1 unspecified atom stereocenters. The van der Waals surface area contributed by atoms with Crippen LogP contribution >= 0.6 is 0 Å². The molecule has 0 aromatic rings. The first-order valence-corrected chi connectivity index (χ1v) is 7.66. The second-order valence-electron chi connectivity index (χ2n) is 5.64. The van der Waals surface area contributed by atoms with Gasteiger partial charge in [-0.3, -0.25) is 9.69 Å². The number of hydrogen-bond donors (Lipinski definition) is 2. The summed E-state index contributed by atoms with van der Waals surface area (Å²) in [5, 5.41) is 6.29. The number of rotatable bonds is 6. The summed E-state index contributed by atoms with van der Waals surface area (Å²) in [6, 6.07) is 0.150. The average Bonchev–Trinajstić information content (AvgIpc) is 2.47. The molecule has 2 rings (SSSR count). The molecule has 0 aromatic heterocycles. The van der Waals surface area contributed by atoms with Gasteiger partial charge in [0.25, 0.3) is 0 Å². The Morgan fingerprint density at radius 1 is 1.40 bits per heavy atom. The molecule has 6 heteroatoms. The molecule has 0 bridgehead atoms. The Morgan fingerprint density at radius 2 is 2.10 bits per heavy atom. The molecule has 0 spiro atoms. The average molecular weight is 285 g/mol. The molecular formula is C14H27N3O3. The van der Waals surface area contributed by atoms with Gasteiger partial charge in [0.15, 0.2) is 0 Å². The summed E-state index contributed by atoms with van der Waals surface area (Å²) in [5.74, 6) is -0.00991. The van der Waals surface area contributed by atoms with Crippen LogP contribution in [-0.2, 0) is 14.3 Å². The first-order valence-electron chi connectivity index (χ1n) is 7.66. The van der Waals surface area contributed by atoms with Crippen molar-refractivity contribution in [2.75, 3.05) is 52.5 Å². The van der Waals surface area contributed by atoms with Crippen molar-refractivity contribution in [2.24, 2.45) is 0 Å². The van der Waals surface area contributed by atoms with Gasteiger partial charge in [0.1, 0.15) is 6.61 Å². The molecule has 116 valence electrons. The van der Waals surface area contributed by atoms with Crippen molar-refractivity contribution in [2.45, 2.75) is 31.9 Å². The molecule has 2 heterocycles. The van der Waals surface area contributed by atoms with E-state index in [4.69, 9.17) is 9.47 Å². The Morgan fingerprint density at radius 3 is 2.80 bits per heavy atom. The lowest BCUT2D eigenvalue weighted by Gasteiger charge is -2.29. The smallest absolute Gasteiger partial charge is 0.246 e. The number of carbonyl (C=O) groups is 1. The van der Waals surface area contributed by atoms with Gasteiger partial charge in [-0.05, 0) is 32.9 Å². The summed E-state index contributed by atoms with van der Waals surface area (Å²) < 4.78 is 11.0. The topological polar surface area (TPSA) is 62.8 Å². The number of amides is 1. The standard InChI is InChI=1S/C14H27N3O3/c1-12(10-17-6-8-19-9-7-17)16-14(18)11-20-13-2-4-15-5-3-13/h12-13,15H,2-11H2,1H3,(H,16,18). The van der Waals surface area contributed by atoms with Crippen LogP contribution in [0.2, 0.25) is 0 Å². The van der Waals surface area contributed by atoms with Gasteiger partial charge in [0, 0.05) is 25.7 Å². The predicted octanol–water partition coefficient (Wildman–Crippen LogP) is -0.408. The molecule has 1 atom stereocenters. The first-order chi connectivity index (χ1) is 9.74. The SMILES string of the molecule is CC(CN1CCOCC1)NC(=O)COC1CCNCC1. The monoisotopic (exact) mass is 285 g/mol. The van der Waals surface area contributed by atoms with Gasteiger partial charge in [-0.15, -0.1) is 0 Å². The number of ether oxygens (including phenoxy) is 2. The summed E-state index contributed by atoms with van der Waals surface area (Å²) in [4.78, 5) is 14.2. The minimum Gasteiger partial charge on any atom is -0.379 e. The minimum atomic E-state index is -0.00991. The molecule has 2 saturated heterocycles. The zero-order valence-corrected chi connectivity index (χ0v) is 12.4. The molecule has 1 amide bonds. The first kappa shape index (κ1) is 15.7. The fraction of sp³-hybridized carbons (Fsp3) is 0.929. The van der Waals surface area contributed by atoms with Crippen LogP contribution in [0.5, 0.6) is 0 Å². The quantitative estimate of drug-likeness (QED) is 0.695. The molecule has 6 nitrogen and oxygen atoms in total. The van der Waals surface area contributed by atoms with Crippen molar-refractivity contribution in [1.29, 1.82) is 0 Å². The highest BCUT2D eigenvalue weighted by atomic mass is 16.5. The second-order valence-corrected chi connectivity index (χ2v) is 5.64. The lowest BCUT2D eigenvalue weighted by atomic mass is 10.1. The third kappa shape index (κ3) is 5.75. The summed E-state index contributed by atoms with van der Waals surface area (Å²) >= 11 is 0. The Bertz CT molecular complexity index is 289. The van der Waals surface area contributed by atoms with Gasteiger partial charge in [-0.25, -0.2) is 0 Å². The normalized spacial score (nSPS) is 23.4. The maximum atomic E-state index is 11.8. The van der Waals surface area contributed by atoms with Gasteiger partial charge in [0.05, 0.1) is 19.3 Å². The largest absolute Gasteiger partial charge is 0.379 e. The van der Waals surface area contributed by atoms with Crippen LogP contribution in [-0.4, -0.2) is 75.5 Å².